The molecule has 0 saturated carbocycles. The molecule has 0 radical (unpaired) electrons. The van der Waals surface area contributed by atoms with Crippen molar-refractivity contribution >= 4 is 28.9 Å². The van der Waals surface area contributed by atoms with Crippen molar-refractivity contribution in [1.29, 1.82) is 5.26 Å². The molecule has 1 N–H and O–H groups in total. The Hall–Kier alpha value is -2.91. The van der Waals surface area contributed by atoms with Gasteiger partial charge in [-0.1, -0.05) is 11.6 Å². The number of nitrogens with zero attached hydrogens (tertiary/aromatic N) is 2. The lowest BCUT2D eigenvalue weighted by Crippen LogP contribution is -2.11. The third-order valence-corrected chi connectivity index (χ3v) is 2.98. The summed E-state index contributed by atoms with van der Waals surface area (Å²) in [6, 6.07) is 12.0. The van der Waals surface area contributed by atoms with Gasteiger partial charge in [0.1, 0.15) is 5.02 Å². The van der Waals surface area contributed by atoms with Crippen molar-refractivity contribution in [1.82, 2.24) is 0 Å². The maximum atomic E-state index is 12.0. The van der Waals surface area contributed by atoms with Crippen molar-refractivity contribution in [2.75, 3.05) is 5.32 Å². The van der Waals surface area contributed by atoms with Crippen LogP contribution >= 0.6 is 11.6 Å². The second-order valence-corrected chi connectivity index (χ2v) is 4.47. The number of nitro benzene ring substituents is 1. The van der Waals surface area contributed by atoms with Gasteiger partial charge in [-0.3, -0.25) is 14.9 Å². The molecule has 0 bridgehead atoms. The van der Waals surface area contributed by atoms with Crippen LogP contribution in [0, 0.1) is 21.4 Å². The summed E-state index contributed by atoms with van der Waals surface area (Å²) in [4.78, 5) is 22.0. The van der Waals surface area contributed by atoms with Gasteiger partial charge in [-0.25, -0.2) is 0 Å². The number of anilines is 1. The number of nitro groups is 1. The average Bonchev–Trinajstić information content (AvgIpc) is 2.47. The molecule has 0 fully saturated rings. The Bertz CT molecular complexity index is 751. The number of hydrogen-bond acceptors (Lipinski definition) is 4. The fourth-order valence-electron chi connectivity index (χ4n) is 1.63. The molecule has 2 rings (SSSR count). The van der Waals surface area contributed by atoms with E-state index in [1.165, 1.54) is 18.2 Å². The van der Waals surface area contributed by atoms with E-state index in [9.17, 15) is 14.9 Å². The van der Waals surface area contributed by atoms with Crippen molar-refractivity contribution in [3.8, 4) is 6.07 Å². The predicted octanol–water partition coefficient (Wildman–Crippen LogP) is 3.37. The highest BCUT2D eigenvalue weighted by Crippen LogP contribution is 2.25. The highest BCUT2D eigenvalue weighted by molar-refractivity contribution is 6.33. The van der Waals surface area contributed by atoms with Crippen molar-refractivity contribution in [3.05, 3.63) is 68.7 Å². The molecule has 1 amide bonds. The van der Waals surface area contributed by atoms with E-state index < -0.39 is 10.8 Å². The van der Waals surface area contributed by atoms with Gasteiger partial charge in [-0.2, -0.15) is 5.26 Å². The molecule has 0 saturated heterocycles. The largest absolute Gasteiger partial charge is 0.322 e. The summed E-state index contributed by atoms with van der Waals surface area (Å²) in [6.07, 6.45) is 0. The summed E-state index contributed by atoms with van der Waals surface area (Å²) in [5, 5.41) is 21.8. The van der Waals surface area contributed by atoms with E-state index in [0.717, 1.165) is 0 Å². The normalized spacial score (nSPS) is 9.71. The van der Waals surface area contributed by atoms with E-state index in [-0.39, 0.29) is 16.3 Å². The highest BCUT2D eigenvalue weighted by Gasteiger charge is 2.15. The van der Waals surface area contributed by atoms with Crippen LogP contribution in [-0.2, 0) is 0 Å². The van der Waals surface area contributed by atoms with E-state index in [4.69, 9.17) is 16.9 Å². The molecule has 0 spiro atoms. The predicted molar refractivity (Wildman–Crippen MR) is 77.2 cm³/mol. The lowest BCUT2D eigenvalue weighted by atomic mass is 10.1. The lowest BCUT2D eigenvalue weighted by Gasteiger charge is -2.05. The third-order valence-electron chi connectivity index (χ3n) is 2.68. The average molecular weight is 302 g/mol. The smallest absolute Gasteiger partial charge is 0.287 e. The van der Waals surface area contributed by atoms with Crippen LogP contribution in [-0.4, -0.2) is 10.8 Å². The topological polar surface area (TPSA) is 96.0 Å². The summed E-state index contributed by atoms with van der Waals surface area (Å²) in [5.41, 5.74) is 0.932. The van der Waals surface area contributed by atoms with Gasteiger partial charge in [0.25, 0.3) is 11.6 Å². The number of nitrogens with one attached hydrogen (secondary N) is 1. The minimum atomic E-state index is -0.620. The zero-order chi connectivity index (χ0) is 15.4. The van der Waals surface area contributed by atoms with Crippen LogP contribution in [0.3, 0.4) is 0 Å². The second kappa shape index (κ2) is 6.03. The molecule has 2 aromatic carbocycles. The summed E-state index contributed by atoms with van der Waals surface area (Å²) >= 11 is 5.75. The molecule has 0 aromatic heterocycles. The van der Waals surface area contributed by atoms with Crippen LogP contribution in [0.25, 0.3) is 0 Å². The monoisotopic (exact) mass is 301 g/mol. The number of hydrogen-bond donors (Lipinski definition) is 1. The molecule has 0 aliphatic rings. The zero-order valence-electron chi connectivity index (χ0n) is 10.5. The summed E-state index contributed by atoms with van der Waals surface area (Å²) < 4.78 is 0. The van der Waals surface area contributed by atoms with Crippen LogP contribution in [0.15, 0.2) is 42.5 Å². The Kier molecular flexibility index (Phi) is 4.16. The van der Waals surface area contributed by atoms with Crippen LogP contribution < -0.4 is 5.32 Å². The quantitative estimate of drug-likeness (QED) is 0.694. The molecule has 104 valence electrons. The number of benzene rings is 2. The first kappa shape index (κ1) is 14.5. The van der Waals surface area contributed by atoms with Crippen LogP contribution in [0.5, 0.6) is 0 Å². The number of halogens is 1. The Morgan fingerprint density at radius 3 is 2.43 bits per heavy atom. The van der Waals surface area contributed by atoms with Gasteiger partial charge in [-0.15, -0.1) is 0 Å². The van der Waals surface area contributed by atoms with E-state index >= 15 is 0 Å². The molecule has 0 aliphatic carbocycles. The summed E-state index contributed by atoms with van der Waals surface area (Å²) in [6.45, 7) is 0. The van der Waals surface area contributed by atoms with Gasteiger partial charge >= 0.3 is 0 Å². The van der Waals surface area contributed by atoms with E-state index in [0.29, 0.717) is 11.3 Å². The highest BCUT2D eigenvalue weighted by atomic mass is 35.5. The number of carbonyl (C=O) groups is 1. The van der Waals surface area contributed by atoms with Gasteiger partial charge in [-0.05, 0) is 36.4 Å². The minimum Gasteiger partial charge on any atom is -0.322 e. The molecule has 7 heteroatoms. The maximum Gasteiger partial charge on any atom is 0.287 e. The molecule has 2 aromatic rings. The van der Waals surface area contributed by atoms with E-state index in [2.05, 4.69) is 5.32 Å². The number of carbonyl (C=O) groups excluding carboxylic acids is 1. The molecule has 0 atom stereocenters. The van der Waals surface area contributed by atoms with Crippen LogP contribution in [0.4, 0.5) is 11.4 Å². The summed E-state index contributed by atoms with van der Waals surface area (Å²) in [5.74, 6) is -0.448. The molecule has 6 nitrogen and oxygen atoms in total. The first-order chi connectivity index (χ1) is 10.0. The maximum absolute atomic E-state index is 12.0. The summed E-state index contributed by atoms with van der Waals surface area (Å²) in [7, 11) is 0. The van der Waals surface area contributed by atoms with Crippen molar-refractivity contribution in [2.24, 2.45) is 0 Å². The Balaban J connectivity index is 2.18. The lowest BCUT2D eigenvalue weighted by molar-refractivity contribution is -0.384. The SMILES string of the molecule is N#Cc1ccc(NC(=O)c2ccc([N+](=O)[O-])c(Cl)c2)cc1. The number of nitriles is 1. The number of amides is 1. The molecule has 21 heavy (non-hydrogen) atoms. The van der Waals surface area contributed by atoms with Gasteiger partial charge in [0.05, 0.1) is 16.6 Å². The van der Waals surface area contributed by atoms with Crippen molar-refractivity contribution in [2.45, 2.75) is 0 Å². The Morgan fingerprint density at radius 1 is 1.24 bits per heavy atom. The van der Waals surface area contributed by atoms with Crippen molar-refractivity contribution in [3.63, 3.8) is 0 Å². The van der Waals surface area contributed by atoms with Crippen LogP contribution in [0.1, 0.15) is 15.9 Å². The first-order valence-electron chi connectivity index (χ1n) is 5.76. The minimum absolute atomic E-state index is 0.104. The molecule has 0 heterocycles. The molecule has 0 aliphatic heterocycles. The molecular weight excluding hydrogens is 294 g/mol. The zero-order valence-corrected chi connectivity index (χ0v) is 11.3. The Labute approximate surface area is 124 Å². The second-order valence-electron chi connectivity index (χ2n) is 4.07. The van der Waals surface area contributed by atoms with Gasteiger partial charge in [0, 0.05) is 17.3 Å². The Morgan fingerprint density at radius 2 is 1.90 bits per heavy atom. The van der Waals surface area contributed by atoms with Gasteiger partial charge < -0.3 is 5.32 Å². The fourth-order valence-corrected chi connectivity index (χ4v) is 1.88. The van der Waals surface area contributed by atoms with Crippen LogP contribution in [0.2, 0.25) is 5.02 Å². The van der Waals surface area contributed by atoms with Crippen molar-refractivity contribution < 1.29 is 9.72 Å². The van der Waals surface area contributed by atoms with Gasteiger partial charge in [0.15, 0.2) is 0 Å². The standard InChI is InChI=1S/C14H8ClN3O3/c15-12-7-10(3-6-13(12)18(20)21)14(19)17-11-4-1-9(8-16)2-5-11/h1-7H,(H,17,19). The molecule has 0 unspecified atom stereocenters. The number of rotatable bonds is 3. The van der Waals surface area contributed by atoms with E-state index in [1.54, 1.807) is 24.3 Å². The van der Waals surface area contributed by atoms with E-state index in [1.807, 2.05) is 6.07 Å². The molecular formula is C14H8ClN3O3. The van der Waals surface area contributed by atoms with Gasteiger partial charge in [0.2, 0.25) is 0 Å². The first-order valence-corrected chi connectivity index (χ1v) is 6.14. The third kappa shape index (κ3) is 3.35. The fraction of sp³-hybridized carbons (Fsp3) is 0.